The number of aromatic nitrogens is 4. The molecule has 0 spiro atoms. The van der Waals surface area contributed by atoms with Gasteiger partial charge in [0.15, 0.2) is 27.7 Å². The largest absolute Gasteiger partial charge is 0.741 e. The molecule has 1 saturated heterocycles. The highest BCUT2D eigenvalue weighted by atomic mass is 32.2. The van der Waals surface area contributed by atoms with E-state index in [1.54, 1.807) is 23.3 Å². The Kier molecular flexibility index (Phi) is 15.2. The Bertz CT molecular complexity index is 1970. The van der Waals surface area contributed by atoms with Crippen LogP contribution in [0, 0.1) is 0 Å². The standard InChI is InChI=1S/C28H33N7O3S.C2HF3O2.CHF3O3S/c1-33-22(5-3-4-12-29)18-35(32-33)21-8-11-24(26(17-21)38-16-15-34-14-13-30-28(34)36)27-31-25(19-39-27)20-6-9-23(37-2)10-7-20;3-2(4,5)1(6)7;2-1(3,4)8(5,6)7/h6-11,17-19H,3-5,12-16,29H2,1-2H3;(H,6,7);(H,5,6,7). The van der Waals surface area contributed by atoms with Gasteiger partial charge >= 0.3 is 17.7 Å². The van der Waals surface area contributed by atoms with Crippen LogP contribution in [0.25, 0.3) is 27.5 Å². The number of carboxylic acid groups (broad SMARTS) is 1. The number of nitrogens with zero attached hydrogens (tertiary/aromatic N) is 5. The maximum absolute atomic E-state index is 12.0. The van der Waals surface area contributed by atoms with Crippen molar-refractivity contribution in [3.8, 4) is 39.0 Å². The number of carboxylic acids is 1. The number of amides is 2. The monoisotopic (exact) mass is 811 g/mol. The van der Waals surface area contributed by atoms with Crippen molar-refractivity contribution in [1.29, 1.82) is 0 Å². The van der Waals surface area contributed by atoms with Gasteiger partial charge in [-0.3, -0.25) is 0 Å². The number of rotatable bonds is 12. The Morgan fingerprint density at radius 2 is 1.76 bits per heavy atom. The fraction of sp³-hybridized carbons (Fsp3) is 0.387. The molecular weight excluding hydrogens is 777 g/mol. The van der Waals surface area contributed by atoms with Crippen LogP contribution in [0.3, 0.4) is 0 Å². The number of unbranched alkanes of at least 4 members (excludes halogenated alkanes) is 1. The van der Waals surface area contributed by atoms with Gasteiger partial charge in [0.2, 0.25) is 0 Å². The lowest BCUT2D eigenvalue weighted by atomic mass is 10.1. The first kappa shape index (κ1) is 43.4. The molecule has 0 unspecified atom stereocenters. The molecule has 2 aromatic carbocycles. The maximum atomic E-state index is 12.0. The summed E-state index contributed by atoms with van der Waals surface area (Å²) >= 11 is 1.57. The molecule has 1 fully saturated rings. The van der Waals surface area contributed by atoms with Crippen molar-refractivity contribution < 1.29 is 73.9 Å². The zero-order valence-corrected chi connectivity index (χ0v) is 30.3. The maximum Gasteiger partial charge on any atom is 0.485 e. The van der Waals surface area contributed by atoms with Crippen LogP contribution < -0.4 is 30.3 Å². The van der Waals surface area contributed by atoms with Gasteiger partial charge in [0.25, 0.3) is 0 Å². The third-order valence-electron chi connectivity index (χ3n) is 7.28. The summed E-state index contributed by atoms with van der Waals surface area (Å²) in [6.45, 7) is 3.19. The van der Waals surface area contributed by atoms with Crippen LogP contribution in [0.15, 0.2) is 54.0 Å². The predicted molar refractivity (Wildman–Crippen MR) is 176 cm³/mol. The van der Waals surface area contributed by atoms with Crippen molar-refractivity contribution in [3.05, 3.63) is 59.7 Å². The summed E-state index contributed by atoms with van der Waals surface area (Å²) in [6.07, 6.45) is 0.0143. The van der Waals surface area contributed by atoms with Crippen LogP contribution >= 0.6 is 11.3 Å². The molecule has 0 atom stereocenters. The van der Waals surface area contributed by atoms with Crippen molar-refractivity contribution >= 4 is 33.5 Å². The summed E-state index contributed by atoms with van der Waals surface area (Å²) in [5.74, 6) is -1.49. The average molecular weight is 812 g/mol. The number of carbonyl (C=O) groups excluding carboxylic acids is 2. The molecule has 3 heterocycles. The van der Waals surface area contributed by atoms with E-state index in [4.69, 9.17) is 42.5 Å². The fourth-order valence-corrected chi connectivity index (χ4v) is 5.38. The minimum Gasteiger partial charge on any atom is -0.741 e. The zero-order chi connectivity index (χ0) is 40.3. The number of ether oxygens (including phenoxy) is 2. The Balaban J connectivity index is 0.000000441. The number of aliphatic carboxylic acids is 1. The van der Waals surface area contributed by atoms with Gasteiger partial charge < -0.3 is 39.9 Å². The van der Waals surface area contributed by atoms with E-state index in [1.165, 1.54) is 5.69 Å². The molecule has 0 bridgehead atoms. The molecular formula is C31H35F6N7O8S2. The fourth-order valence-electron chi connectivity index (χ4n) is 4.52. The number of thiazole rings is 1. The van der Waals surface area contributed by atoms with E-state index in [-0.39, 0.29) is 6.03 Å². The molecule has 2 aromatic heterocycles. The first-order chi connectivity index (χ1) is 25.2. The van der Waals surface area contributed by atoms with Crippen LogP contribution in [0.2, 0.25) is 0 Å². The van der Waals surface area contributed by atoms with Gasteiger partial charge in [-0.15, -0.1) is 20.7 Å². The molecule has 1 aliphatic heterocycles. The van der Waals surface area contributed by atoms with Crippen molar-refractivity contribution in [3.63, 3.8) is 0 Å². The van der Waals surface area contributed by atoms with Crippen LogP contribution in [0.1, 0.15) is 18.5 Å². The number of nitrogens with one attached hydrogen (secondary N) is 1. The van der Waals surface area contributed by atoms with Crippen LogP contribution in [0.5, 0.6) is 11.5 Å². The van der Waals surface area contributed by atoms with Gasteiger partial charge in [0.1, 0.15) is 36.1 Å². The molecule has 23 heteroatoms. The van der Waals surface area contributed by atoms with Gasteiger partial charge in [0.05, 0.1) is 36.7 Å². The van der Waals surface area contributed by atoms with Crippen molar-refractivity contribution in [2.24, 2.45) is 7.05 Å². The normalized spacial score (nSPS) is 13.0. The topological polar surface area (TPSA) is 210 Å². The van der Waals surface area contributed by atoms with Gasteiger partial charge in [0, 0.05) is 36.5 Å². The SMILES string of the molecule is COc1ccc(-c2csc(-c3ccc(-[n+]4cc(CCCC[NH3+])n(C)n4)cc3OCCN3CCNC3=O)n2)cc1.O=C([O-])C(F)(F)F.O=S(=O)([O-])C(F)(F)F. The van der Waals surface area contributed by atoms with Crippen molar-refractivity contribution in [2.45, 2.75) is 30.9 Å². The van der Waals surface area contributed by atoms with E-state index in [9.17, 15) is 31.1 Å². The number of hydrogen-bond donors (Lipinski definition) is 2. The molecule has 15 nitrogen and oxygen atoms in total. The summed E-state index contributed by atoms with van der Waals surface area (Å²) in [5, 5.41) is 19.2. The van der Waals surface area contributed by atoms with Gasteiger partial charge in [-0.2, -0.15) is 26.3 Å². The smallest absolute Gasteiger partial charge is 0.485 e. The van der Waals surface area contributed by atoms with E-state index in [2.05, 4.69) is 22.6 Å². The number of aryl methyl sites for hydroxylation is 2. The molecule has 296 valence electrons. The van der Waals surface area contributed by atoms with E-state index in [0.717, 1.165) is 59.1 Å². The van der Waals surface area contributed by atoms with E-state index in [1.807, 2.05) is 58.9 Å². The molecule has 0 aliphatic carbocycles. The number of alkyl halides is 6. The van der Waals surface area contributed by atoms with Crippen molar-refractivity contribution in [1.82, 2.24) is 25.1 Å². The summed E-state index contributed by atoms with van der Waals surface area (Å²) in [6, 6.07) is 13.9. The molecule has 4 N–H and O–H groups in total. The number of methoxy groups -OCH3 is 1. The Labute approximate surface area is 308 Å². The van der Waals surface area contributed by atoms with Gasteiger partial charge in [-0.25, -0.2) is 18.2 Å². The number of quaternary nitrogens is 1. The third kappa shape index (κ3) is 12.6. The first-order valence-corrected chi connectivity index (χ1v) is 18.0. The second-order valence-electron chi connectivity index (χ2n) is 11.1. The minimum atomic E-state index is -6.09. The highest BCUT2D eigenvalue weighted by Gasteiger charge is 2.37. The molecule has 0 radical (unpaired) electrons. The lowest BCUT2D eigenvalue weighted by Gasteiger charge is -2.16. The summed E-state index contributed by atoms with van der Waals surface area (Å²) in [4.78, 5) is 27.4. The van der Waals surface area contributed by atoms with Crippen LogP contribution in [-0.2, 0) is 28.4 Å². The molecule has 54 heavy (non-hydrogen) atoms. The first-order valence-electron chi connectivity index (χ1n) is 15.7. The quantitative estimate of drug-likeness (QED) is 0.0697. The summed E-state index contributed by atoms with van der Waals surface area (Å²) in [5.41, 5.74) is 3.18. The minimum absolute atomic E-state index is 0.0490. The second kappa shape index (κ2) is 18.9. The third-order valence-corrected chi connectivity index (χ3v) is 8.72. The van der Waals surface area contributed by atoms with Gasteiger partial charge in [-0.05, 0) is 49.2 Å². The van der Waals surface area contributed by atoms with E-state index in [0.29, 0.717) is 32.0 Å². The molecule has 4 aromatic rings. The lowest BCUT2D eigenvalue weighted by Crippen LogP contribution is -2.50. The highest BCUT2D eigenvalue weighted by molar-refractivity contribution is 7.86. The van der Waals surface area contributed by atoms with Crippen LogP contribution in [-0.4, -0.2) is 96.3 Å². The number of benzene rings is 2. The number of hydrogen-bond acceptors (Lipinski definition) is 11. The van der Waals surface area contributed by atoms with Crippen molar-refractivity contribution in [2.75, 3.05) is 39.9 Å². The molecule has 5 rings (SSSR count). The number of carbonyl (C=O) groups is 2. The summed E-state index contributed by atoms with van der Waals surface area (Å²) in [7, 11) is -2.46. The van der Waals surface area contributed by atoms with Crippen LogP contribution in [0.4, 0.5) is 31.1 Å². The lowest BCUT2D eigenvalue weighted by molar-refractivity contribution is -0.661. The number of urea groups is 1. The molecule has 1 aliphatic rings. The average Bonchev–Trinajstić information content (AvgIpc) is 3.85. The van der Waals surface area contributed by atoms with E-state index < -0.39 is 27.8 Å². The molecule has 2 amide bonds. The summed E-state index contributed by atoms with van der Waals surface area (Å²) < 4.78 is 106. The predicted octanol–water partition coefficient (Wildman–Crippen LogP) is 1.81. The second-order valence-corrected chi connectivity index (χ2v) is 13.3. The Morgan fingerprint density at radius 3 is 2.30 bits per heavy atom. The number of halogens is 6. The highest BCUT2D eigenvalue weighted by Crippen LogP contribution is 2.36. The molecule has 0 saturated carbocycles. The Morgan fingerprint density at radius 1 is 1.11 bits per heavy atom. The van der Waals surface area contributed by atoms with Gasteiger partial charge in [-0.1, -0.05) is 0 Å². The van der Waals surface area contributed by atoms with E-state index >= 15 is 0 Å². The Hall–Kier alpha value is -5.00. The zero-order valence-electron chi connectivity index (χ0n) is 28.6.